The van der Waals surface area contributed by atoms with Gasteiger partial charge in [0.05, 0.1) is 0 Å². The van der Waals surface area contributed by atoms with Gasteiger partial charge >= 0.3 is 0 Å². The van der Waals surface area contributed by atoms with E-state index in [1.165, 1.54) is 0 Å². The molecular formula is C17H26N4O2. The van der Waals surface area contributed by atoms with E-state index < -0.39 is 0 Å². The molecule has 1 atom stereocenters. The van der Waals surface area contributed by atoms with Crippen LogP contribution in [0, 0.1) is 12.8 Å². The average Bonchev–Trinajstić information content (AvgIpc) is 2.59. The number of amides is 1. The number of pyridine rings is 1. The Morgan fingerprint density at radius 3 is 2.74 bits per heavy atom. The van der Waals surface area contributed by atoms with E-state index in [2.05, 4.69) is 10.6 Å². The van der Waals surface area contributed by atoms with Crippen molar-refractivity contribution in [3.8, 4) is 0 Å². The summed E-state index contributed by atoms with van der Waals surface area (Å²) in [6.45, 7) is 7.46. The molecule has 1 unspecified atom stereocenters. The molecule has 2 aliphatic rings. The van der Waals surface area contributed by atoms with Gasteiger partial charge in [-0.3, -0.25) is 9.59 Å². The summed E-state index contributed by atoms with van der Waals surface area (Å²) >= 11 is 0. The maximum atomic E-state index is 12.8. The third-order valence-electron chi connectivity index (χ3n) is 4.85. The zero-order valence-electron chi connectivity index (χ0n) is 13.8. The fourth-order valence-electron chi connectivity index (χ4n) is 3.45. The van der Waals surface area contributed by atoms with E-state index >= 15 is 0 Å². The van der Waals surface area contributed by atoms with E-state index in [0.29, 0.717) is 31.1 Å². The lowest BCUT2D eigenvalue weighted by molar-refractivity contribution is 0.0732. The third-order valence-corrected chi connectivity index (χ3v) is 4.85. The van der Waals surface area contributed by atoms with Crippen LogP contribution in [0.4, 0.5) is 0 Å². The maximum Gasteiger partial charge on any atom is 0.263 e. The molecule has 23 heavy (non-hydrogen) atoms. The molecule has 0 bridgehead atoms. The van der Waals surface area contributed by atoms with Gasteiger partial charge in [0.25, 0.3) is 11.5 Å². The number of aryl methyl sites for hydroxylation is 1. The first-order chi connectivity index (χ1) is 11.2. The summed E-state index contributed by atoms with van der Waals surface area (Å²) in [7, 11) is 0. The maximum absolute atomic E-state index is 12.8. The Hall–Kier alpha value is -1.66. The van der Waals surface area contributed by atoms with Crippen LogP contribution in [0.3, 0.4) is 0 Å². The zero-order chi connectivity index (χ0) is 16.2. The molecule has 3 rings (SSSR count). The van der Waals surface area contributed by atoms with Crippen molar-refractivity contribution in [2.24, 2.45) is 5.92 Å². The molecular weight excluding hydrogens is 292 g/mol. The largest absolute Gasteiger partial charge is 0.336 e. The first kappa shape index (κ1) is 16.2. The predicted molar refractivity (Wildman–Crippen MR) is 89.8 cm³/mol. The van der Waals surface area contributed by atoms with Crippen molar-refractivity contribution in [3.05, 3.63) is 33.7 Å². The van der Waals surface area contributed by atoms with Gasteiger partial charge in [0, 0.05) is 38.9 Å². The molecule has 126 valence electrons. The number of piperidine rings is 1. The van der Waals surface area contributed by atoms with Crippen LogP contribution in [0.2, 0.25) is 0 Å². The number of rotatable bonds is 3. The van der Waals surface area contributed by atoms with Crippen LogP contribution in [-0.4, -0.2) is 54.6 Å². The molecule has 2 fully saturated rings. The van der Waals surface area contributed by atoms with Crippen molar-refractivity contribution in [1.29, 1.82) is 0 Å². The zero-order valence-corrected chi connectivity index (χ0v) is 13.8. The van der Waals surface area contributed by atoms with Crippen LogP contribution < -0.4 is 16.2 Å². The summed E-state index contributed by atoms with van der Waals surface area (Å²) < 4.78 is 1.72. The van der Waals surface area contributed by atoms with Gasteiger partial charge in [0.15, 0.2) is 0 Å². The number of nitrogens with one attached hydrogen (secondary N) is 2. The van der Waals surface area contributed by atoms with Crippen molar-refractivity contribution < 1.29 is 4.79 Å². The van der Waals surface area contributed by atoms with Crippen molar-refractivity contribution in [2.75, 3.05) is 39.3 Å². The highest BCUT2D eigenvalue weighted by Crippen LogP contribution is 2.13. The monoisotopic (exact) mass is 318 g/mol. The fourth-order valence-corrected chi connectivity index (χ4v) is 3.45. The van der Waals surface area contributed by atoms with Gasteiger partial charge in [0.2, 0.25) is 0 Å². The first-order valence-corrected chi connectivity index (χ1v) is 8.57. The van der Waals surface area contributed by atoms with E-state index in [1.807, 2.05) is 19.2 Å². The second kappa shape index (κ2) is 7.27. The lowest BCUT2D eigenvalue weighted by Gasteiger charge is -2.28. The molecule has 2 N–H and O–H groups in total. The van der Waals surface area contributed by atoms with E-state index in [0.717, 1.165) is 44.6 Å². The summed E-state index contributed by atoms with van der Waals surface area (Å²) in [5.41, 5.74) is 0.980. The summed E-state index contributed by atoms with van der Waals surface area (Å²) in [4.78, 5) is 27.4. The van der Waals surface area contributed by atoms with Gasteiger partial charge in [0.1, 0.15) is 5.56 Å². The SMILES string of the molecule is Cc1ccn(CC2CCCNC2)c(=O)c1C(=O)N1CCNCC1. The van der Waals surface area contributed by atoms with Gasteiger partial charge in [-0.1, -0.05) is 0 Å². The highest BCUT2D eigenvalue weighted by Gasteiger charge is 2.24. The number of hydrogen-bond acceptors (Lipinski definition) is 4. The van der Waals surface area contributed by atoms with E-state index in [4.69, 9.17) is 0 Å². The molecule has 0 saturated carbocycles. The molecule has 6 heteroatoms. The summed E-state index contributed by atoms with van der Waals surface area (Å²) in [6, 6.07) is 1.90. The van der Waals surface area contributed by atoms with E-state index in [-0.39, 0.29) is 11.5 Å². The molecule has 0 aliphatic carbocycles. The highest BCUT2D eigenvalue weighted by atomic mass is 16.2. The number of nitrogens with zero attached hydrogens (tertiary/aromatic N) is 2. The number of hydrogen-bond donors (Lipinski definition) is 2. The number of aromatic nitrogens is 1. The van der Waals surface area contributed by atoms with Crippen molar-refractivity contribution in [3.63, 3.8) is 0 Å². The molecule has 6 nitrogen and oxygen atoms in total. The molecule has 1 aromatic heterocycles. The second-order valence-corrected chi connectivity index (χ2v) is 6.59. The summed E-state index contributed by atoms with van der Waals surface area (Å²) in [6.07, 6.45) is 4.12. The van der Waals surface area contributed by atoms with Gasteiger partial charge in [-0.2, -0.15) is 0 Å². The molecule has 2 saturated heterocycles. The van der Waals surface area contributed by atoms with Crippen LogP contribution >= 0.6 is 0 Å². The molecule has 2 aliphatic heterocycles. The smallest absolute Gasteiger partial charge is 0.263 e. The Morgan fingerprint density at radius 1 is 1.26 bits per heavy atom. The Morgan fingerprint density at radius 2 is 2.04 bits per heavy atom. The molecule has 1 amide bonds. The average molecular weight is 318 g/mol. The lowest BCUT2D eigenvalue weighted by atomic mass is 9.99. The molecule has 0 aromatic carbocycles. The normalized spacial score (nSPS) is 22.1. The van der Waals surface area contributed by atoms with E-state index in [1.54, 1.807) is 9.47 Å². The highest BCUT2D eigenvalue weighted by molar-refractivity contribution is 5.95. The Balaban J connectivity index is 1.83. The molecule has 1 aromatic rings. The summed E-state index contributed by atoms with van der Waals surface area (Å²) in [5, 5.41) is 6.61. The second-order valence-electron chi connectivity index (χ2n) is 6.59. The van der Waals surface area contributed by atoms with Gasteiger partial charge in [-0.05, 0) is 50.4 Å². The topological polar surface area (TPSA) is 66.4 Å². The van der Waals surface area contributed by atoms with Crippen LogP contribution in [0.1, 0.15) is 28.8 Å². The Bertz CT molecular complexity index is 614. The first-order valence-electron chi connectivity index (χ1n) is 8.57. The molecule has 3 heterocycles. The fraction of sp³-hybridized carbons (Fsp3) is 0.647. The third kappa shape index (κ3) is 3.64. The van der Waals surface area contributed by atoms with Crippen LogP contribution in [-0.2, 0) is 6.54 Å². The van der Waals surface area contributed by atoms with Crippen molar-refractivity contribution in [2.45, 2.75) is 26.3 Å². The number of carbonyl (C=O) groups excluding carboxylic acids is 1. The minimum Gasteiger partial charge on any atom is -0.336 e. The molecule has 0 spiro atoms. The standard InChI is InChI=1S/C17H26N4O2/c1-13-4-8-21(12-14-3-2-5-19-11-14)17(23)15(13)16(22)20-9-6-18-7-10-20/h4,8,14,18-19H,2-3,5-7,9-12H2,1H3. The van der Waals surface area contributed by atoms with Crippen molar-refractivity contribution in [1.82, 2.24) is 20.1 Å². The predicted octanol–water partition coefficient (Wildman–Crippen LogP) is 0.202. The van der Waals surface area contributed by atoms with E-state index in [9.17, 15) is 9.59 Å². The van der Waals surface area contributed by atoms with Gasteiger partial charge in [-0.15, -0.1) is 0 Å². The van der Waals surface area contributed by atoms with Crippen LogP contribution in [0.5, 0.6) is 0 Å². The Labute approximate surface area is 136 Å². The Kier molecular flexibility index (Phi) is 5.13. The van der Waals surface area contributed by atoms with Crippen LogP contribution in [0.25, 0.3) is 0 Å². The van der Waals surface area contributed by atoms with Gasteiger partial charge < -0.3 is 20.1 Å². The summed E-state index contributed by atoms with van der Waals surface area (Å²) in [5.74, 6) is 0.344. The quantitative estimate of drug-likeness (QED) is 0.836. The van der Waals surface area contributed by atoms with Crippen LogP contribution in [0.15, 0.2) is 17.1 Å². The van der Waals surface area contributed by atoms with Gasteiger partial charge in [-0.25, -0.2) is 0 Å². The minimum absolute atomic E-state index is 0.120. The van der Waals surface area contributed by atoms with Crippen molar-refractivity contribution >= 4 is 5.91 Å². The lowest BCUT2D eigenvalue weighted by Crippen LogP contribution is -2.48. The minimum atomic E-state index is -0.140. The number of piperazine rings is 1. The molecule has 0 radical (unpaired) electrons. The number of carbonyl (C=O) groups is 1.